The second-order valence-electron chi connectivity index (χ2n) is 7.75. The lowest BCUT2D eigenvalue weighted by Crippen LogP contribution is -2.38. The summed E-state index contributed by atoms with van der Waals surface area (Å²) in [5, 5.41) is 6.20. The minimum Gasteiger partial charge on any atom is -0.355 e. The van der Waals surface area contributed by atoms with Crippen LogP contribution >= 0.6 is 11.3 Å². The molecule has 0 atom stereocenters. The van der Waals surface area contributed by atoms with Crippen molar-refractivity contribution in [2.45, 2.75) is 46.0 Å². The van der Waals surface area contributed by atoms with E-state index in [4.69, 9.17) is 4.98 Å². The number of thiazole rings is 1. The number of piperidine rings is 1. The Kier molecular flexibility index (Phi) is 6.83. The third-order valence-corrected chi connectivity index (χ3v) is 6.34. The number of likely N-dealkylation sites (tertiary alicyclic amines) is 1. The molecule has 1 aromatic heterocycles. The number of nitrogens with one attached hydrogen (secondary N) is 1. The molecule has 0 saturated carbocycles. The van der Waals surface area contributed by atoms with Crippen LogP contribution in [0.15, 0.2) is 29.6 Å². The zero-order valence-corrected chi connectivity index (χ0v) is 17.7. The molecule has 0 radical (unpaired) electrons. The molecule has 0 spiro atoms. The van der Waals surface area contributed by atoms with E-state index in [1.165, 1.54) is 0 Å². The van der Waals surface area contributed by atoms with Crippen molar-refractivity contribution in [2.24, 2.45) is 5.92 Å². The largest absolute Gasteiger partial charge is 0.355 e. The Morgan fingerprint density at radius 2 is 1.96 bits per heavy atom. The van der Waals surface area contributed by atoms with Gasteiger partial charge in [0.25, 0.3) is 5.91 Å². The summed E-state index contributed by atoms with van der Waals surface area (Å²) in [5.41, 5.74) is 2.88. The summed E-state index contributed by atoms with van der Waals surface area (Å²) in [6, 6.07) is 7.79. The fourth-order valence-electron chi connectivity index (χ4n) is 3.46. The van der Waals surface area contributed by atoms with Crippen molar-refractivity contribution in [2.75, 3.05) is 19.6 Å². The van der Waals surface area contributed by atoms with Crippen molar-refractivity contribution in [3.05, 3.63) is 51.5 Å². The Labute approximate surface area is 171 Å². The van der Waals surface area contributed by atoms with Crippen LogP contribution in [-0.2, 0) is 11.2 Å². The van der Waals surface area contributed by atoms with Gasteiger partial charge in [0, 0.05) is 48.8 Å². The van der Waals surface area contributed by atoms with Crippen molar-refractivity contribution in [3.8, 4) is 0 Å². The van der Waals surface area contributed by atoms with E-state index in [0.29, 0.717) is 12.5 Å². The van der Waals surface area contributed by atoms with E-state index in [2.05, 4.69) is 10.7 Å². The Morgan fingerprint density at radius 3 is 2.64 bits per heavy atom. The summed E-state index contributed by atoms with van der Waals surface area (Å²) in [4.78, 5) is 31.1. The summed E-state index contributed by atoms with van der Waals surface area (Å²) in [6.45, 7) is 7.96. The van der Waals surface area contributed by atoms with Gasteiger partial charge in [-0.25, -0.2) is 4.98 Å². The molecule has 1 N–H and O–H groups in total. The molecule has 1 aliphatic heterocycles. The van der Waals surface area contributed by atoms with E-state index in [9.17, 15) is 9.59 Å². The number of amides is 2. The summed E-state index contributed by atoms with van der Waals surface area (Å²) < 4.78 is 0. The van der Waals surface area contributed by atoms with Crippen molar-refractivity contribution in [1.29, 1.82) is 0 Å². The second-order valence-corrected chi connectivity index (χ2v) is 8.64. The summed E-state index contributed by atoms with van der Waals surface area (Å²) >= 11 is 1.70. The van der Waals surface area contributed by atoms with E-state index < -0.39 is 0 Å². The molecular weight excluding hydrogens is 370 g/mol. The van der Waals surface area contributed by atoms with Crippen LogP contribution in [-0.4, -0.2) is 41.3 Å². The van der Waals surface area contributed by atoms with Crippen LogP contribution < -0.4 is 5.32 Å². The first kappa shape index (κ1) is 20.5. The van der Waals surface area contributed by atoms with Gasteiger partial charge in [0.15, 0.2) is 0 Å². The van der Waals surface area contributed by atoms with E-state index in [-0.39, 0.29) is 17.7 Å². The van der Waals surface area contributed by atoms with Gasteiger partial charge in [-0.05, 0) is 31.4 Å². The SMILES string of the molecule is Cc1ccccc1C(=O)N1CCC(c2nc(CCNC(=O)C(C)C)cs2)CC1. The summed E-state index contributed by atoms with van der Waals surface area (Å²) in [7, 11) is 0. The lowest BCUT2D eigenvalue weighted by molar-refractivity contribution is -0.123. The molecule has 2 amide bonds. The number of nitrogens with zero attached hydrogens (tertiary/aromatic N) is 2. The highest BCUT2D eigenvalue weighted by Crippen LogP contribution is 2.31. The summed E-state index contributed by atoms with van der Waals surface area (Å²) in [5.74, 6) is 0.655. The van der Waals surface area contributed by atoms with Crippen LogP contribution in [0, 0.1) is 12.8 Å². The fraction of sp³-hybridized carbons (Fsp3) is 0.500. The predicted octanol–water partition coefficient (Wildman–Crippen LogP) is 3.79. The molecule has 1 saturated heterocycles. The highest BCUT2D eigenvalue weighted by molar-refractivity contribution is 7.09. The average molecular weight is 400 g/mol. The molecule has 150 valence electrons. The molecule has 1 fully saturated rings. The average Bonchev–Trinajstić information content (AvgIpc) is 3.16. The Bertz CT molecular complexity index is 823. The van der Waals surface area contributed by atoms with E-state index >= 15 is 0 Å². The minimum absolute atomic E-state index is 0.0126. The third kappa shape index (κ3) is 4.98. The van der Waals surface area contributed by atoms with Gasteiger partial charge in [-0.1, -0.05) is 32.0 Å². The van der Waals surface area contributed by atoms with Crippen molar-refractivity contribution >= 4 is 23.2 Å². The lowest BCUT2D eigenvalue weighted by atomic mass is 9.96. The molecule has 2 heterocycles. The van der Waals surface area contributed by atoms with Crippen LogP contribution in [0.1, 0.15) is 59.2 Å². The number of hydrogen-bond acceptors (Lipinski definition) is 4. The zero-order valence-electron chi connectivity index (χ0n) is 16.9. The number of benzene rings is 1. The smallest absolute Gasteiger partial charge is 0.254 e. The standard InChI is InChI=1S/C22H29N3O2S/c1-15(2)20(26)23-11-8-18-14-28-21(24-18)17-9-12-25(13-10-17)22(27)19-7-5-4-6-16(19)3/h4-7,14-15,17H,8-13H2,1-3H3,(H,23,26). The number of aromatic nitrogens is 1. The number of hydrogen-bond donors (Lipinski definition) is 1. The number of carbonyl (C=O) groups excluding carboxylic acids is 2. The van der Waals surface area contributed by atoms with Gasteiger partial charge in [-0.3, -0.25) is 9.59 Å². The maximum Gasteiger partial charge on any atom is 0.254 e. The van der Waals surface area contributed by atoms with Gasteiger partial charge in [0.1, 0.15) is 0 Å². The van der Waals surface area contributed by atoms with Crippen molar-refractivity contribution < 1.29 is 9.59 Å². The molecule has 28 heavy (non-hydrogen) atoms. The first-order valence-corrected chi connectivity index (χ1v) is 10.9. The van der Waals surface area contributed by atoms with Crippen LogP contribution in [0.3, 0.4) is 0 Å². The van der Waals surface area contributed by atoms with Gasteiger partial charge < -0.3 is 10.2 Å². The quantitative estimate of drug-likeness (QED) is 0.804. The second kappa shape index (κ2) is 9.32. The lowest BCUT2D eigenvalue weighted by Gasteiger charge is -2.31. The van der Waals surface area contributed by atoms with Crippen LogP contribution in [0.5, 0.6) is 0 Å². The van der Waals surface area contributed by atoms with Gasteiger partial charge in [0.2, 0.25) is 5.91 Å². The molecule has 0 aliphatic carbocycles. The molecule has 3 rings (SSSR count). The Balaban J connectivity index is 1.50. The van der Waals surface area contributed by atoms with E-state index in [1.54, 1.807) is 11.3 Å². The van der Waals surface area contributed by atoms with E-state index in [0.717, 1.165) is 54.2 Å². The van der Waals surface area contributed by atoms with Crippen LogP contribution in [0.4, 0.5) is 0 Å². The predicted molar refractivity (Wildman–Crippen MR) is 113 cm³/mol. The fourth-order valence-corrected chi connectivity index (χ4v) is 4.48. The Hall–Kier alpha value is -2.21. The first-order valence-electron chi connectivity index (χ1n) is 10.0. The molecule has 1 aromatic carbocycles. The zero-order chi connectivity index (χ0) is 20.1. The van der Waals surface area contributed by atoms with Gasteiger partial charge in [-0.2, -0.15) is 0 Å². The van der Waals surface area contributed by atoms with Crippen LogP contribution in [0.2, 0.25) is 0 Å². The number of aryl methyl sites for hydroxylation is 1. The van der Waals surface area contributed by atoms with Gasteiger partial charge in [0.05, 0.1) is 10.7 Å². The molecule has 2 aromatic rings. The van der Waals surface area contributed by atoms with E-state index in [1.807, 2.05) is 49.9 Å². The maximum atomic E-state index is 12.8. The molecular formula is C22H29N3O2S. The van der Waals surface area contributed by atoms with Gasteiger partial charge >= 0.3 is 0 Å². The first-order chi connectivity index (χ1) is 13.5. The molecule has 0 unspecified atom stereocenters. The molecule has 1 aliphatic rings. The number of carbonyl (C=O) groups is 2. The topological polar surface area (TPSA) is 62.3 Å². The van der Waals surface area contributed by atoms with Crippen molar-refractivity contribution in [1.82, 2.24) is 15.2 Å². The molecule has 0 bridgehead atoms. The van der Waals surface area contributed by atoms with Crippen LogP contribution in [0.25, 0.3) is 0 Å². The maximum absolute atomic E-state index is 12.8. The third-order valence-electron chi connectivity index (χ3n) is 5.28. The molecule has 5 nitrogen and oxygen atoms in total. The van der Waals surface area contributed by atoms with Gasteiger partial charge in [-0.15, -0.1) is 11.3 Å². The highest BCUT2D eigenvalue weighted by atomic mass is 32.1. The Morgan fingerprint density at radius 1 is 1.25 bits per heavy atom. The van der Waals surface area contributed by atoms with Crippen molar-refractivity contribution in [3.63, 3.8) is 0 Å². The number of rotatable bonds is 6. The minimum atomic E-state index is 0.0126. The monoisotopic (exact) mass is 399 g/mol. The summed E-state index contributed by atoms with van der Waals surface area (Å²) in [6.07, 6.45) is 2.67. The highest BCUT2D eigenvalue weighted by Gasteiger charge is 2.26. The molecule has 6 heteroatoms. The normalized spacial score (nSPS) is 15.1.